The highest BCUT2D eigenvalue weighted by Gasteiger charge is 2.29. The van der Waals surface area contributed by atoms with E-state index < -0.39 is 0 Å². The van der Waals surface area contributed by atoms with Gasteiger partial charge < -0.3 is 5.32 Å². The summed E-state index contributed by atoms with van der Waals surface area (Å²) >= 11 is 0. The zero-order valence-corrected chi connectivity index (χ0v) is 12.5. The van der Waals surface area contributed by atoms with Gasteiger partial charge in [-0.15, -0.1) is 0 Å². The van der Waals surface area contributed by atoms with Crippen molar-refractivity contribution < 1.29 is 0 Å². The quantitative estimate of drug-likeness (QED) is 0.735. The van der Waals surface area contributed by atoms with E-state index in [0.29, 0.717) is 12.1 Å². The SMILES string of the molecule is CCC(NC)C(C)N(CC(C)C)C1CCCC1. The molecule has 0 aromatic heterocycles. The molecule has 1 fully saturated rings. The maximum absolute atomic E-state index is 3.49. The van der Waals surface area contributed by atoms with Crippen molar-refractivity contribution in [2.75, 3.05) is 13.6 Å². The first-order valence-electron chi connectivity index (χ1n) is 7.53. The molecule has 0 aromatic rings. The summed E-state index contributed by atoms with van der Waals surface area (Å²) in [6.45, 7) is 10.6. The van der Waals surface area contributed by atoms with Gasteiger partial charge >= 0.3 is 0 Å². The molecule has 17 heavy (non-hydrogen) atoms. The van der Waals surface area contributed by atoms with Crippen LogP contribution in [0.15, 0.2) is 0 Å². The molecule has 0 spiro atoms. The molecule has 2 heteroatoms. The van der Waals surface area contributed by atoms with E-state index in [0.717, 1.165) is 12.0 Å². The highest BCUT2D eigenvalue weighted by atomic mass is 15.2. The maximum atomic E-state index is 3.49. The number of nitrogens with zero attached hydrogens (tertiary/aromatic N) is 1. The van der Waals surface area contributed by atoms with Gasteiger partial charge in [-0.3, -0.25) is 4.90 Å². The Kier molecular flexibility index (Phi) is 6.50. The molecular weight excluding hydrogens is 208 g/mol. The van der Waals surface area contributed by atoms with Crippen LogP contribution in [0, 0.1) is 5.92 Å². The highest BCUT2D eigenvalue weighted by molar-refractivity contribution is 4.87. The molecule has 0 heterocycles. The van der Waals surface area contributed by atoms with Gasteiger partial charge in [0.1, 0.15) is 0 Å². The van der Waals surface area contributed by atoms with Gasteiger partial charge in [0.05, 0.1) is 0 Å². The molecule has 102 valence electrons. The lowest BCUT2D eigenvalue weighted by Gasteiger charge is -2.39. The van der Waals surface area contributed by atoms with E-state index in [4.69, 9.17) is 0 Å². The first-order valence-corrected chi connectivity index (χ1v) is 7.53. The Morgan fingerprint density at radius 1 is 1.18 bits per heavy atom. The fraction of sp³-hybridized carbons (Fsp3) is 1.00. The first-order chi connectivity index (χ1) is 8.10. The molecule has 0 aromatic carbocycles. The number of hydrogen-bond donors (Lipinski definition) is 1. The fourth-order valence-electron chi connectivity index (χ4n) is 3.32. The average Bonchev–Trinajstić information content (AvgIpc) is 2.80. The Morgan fingerprint density at radius 2 is 1.76 bits per heavy atom. The summed E-state index contributed by atoms with van der Waals surface area (Å²) in [6.07, 6.45) is 6.91. The zero-order chi connectivity index (χ0) is 12.8. The topological polar surface area (TPSA) is 15.3 Å². The van der Waals surface area contributed by atoms with Crippen LogP contribution in [0.3, 0.4) is 0 Å². The second-order valence-corrected chi connectivity index (χ2v) is 6.07. The largest absolute Gasteiger partial charge is 0.315 e. The summed E-state index contributed by atoms with van der Waals surface area (Å²) in [6, 6.07) is 2.14. The molecular formula is C15H32N2. The van der Waals surface area contributed by atoms with E-state index in [1.807, 2.05) is 0 Å². The molecule has 1 aliphatic rings. The molecule has 1 rings (SSSR count). The second kappa shape index (κ2) is 7.38. The summed E-state index contributed by atoms with van der Waals surface area (Å²) in [5.41, 5.74) is 0. The van der Waals surface area contributed by atoms with Crippen molar-refractivity contribution in [3.63, 3.8) is 0 Å². The van der Waals surface area contributed by atoms with Crippen molar-refractivity contribution >= 4 is 0 Å². The molecule has 0 saturated heterocycles. The Bertz CT molecular complexity index is 193. The molecule has 0 bridgehead atoms. The van der Waals surface area contributed by atoms with Crippen molar-refractivity contribution in [1.82, 2.24) is 10.2 Å². The van der Waals surface area contributed by atoms with Crippen LogP contribution < -0.4 is 5.32 Å². The molecule has 1 saturated carbocycles. The third kappa shape index (κ3) is 4.26. The fourth-order valence-corrected chi connectivity index (χ4v) is 3.32. The van der Waals surface area contributed by atoms with E-state index in [-0.39, 0.29) is 0 Å². The van der Waals surface area contributed by atoms with E-state index in [9.17, 15) is 0 Å². The van der Waals surface area contributed by atoms with Crippen molar-refractivity contribution in [1.29, 1.82) is 0 Å². The van der Waals surface area contributed by atoms with Crippen LogP contribution in [0.1, 0.15) is 59.8 Å². The number of likely N-dealkylation sites (N-methyl/N-ethyl adjacent to an activating group) is 1. The third-order valence-corrected chi connectivity index (χ3v) is 4.29. The van der Waals surface area contributed by atoms with Gasteiger partial charge in [-0.2, -0.15) is 0 Å². The van der Waals surface area contributed by atoms with Crippen molar-refractivity contribution in [3.05, 3.63) is 0 Å². The third-order valence-electron chi connectivity index (χ3n) is 4.29. The van der Waals surface area contributed by atoms with Crippen LogP contribution >= 0.6 is 0 Å². The van der Waals surface area contributed by atoms with E-state index in [2.05, 4.69) is 45.0 Å². The smallest absolute Gasteiger partial charge is 0.0223 e. The minimum Gasteiger partial charge on any atom is -0.315 e. The molecule has 2 atom stereocenters. The lowest BCUT2D eigenvalue weighted by molar-refractivity contribution is 0.102. The summed E-state index contributed by atoms with van der Waals surface area (Å²) in [7, 11) is 2.10. The molecule has 0 radical (unpaired) electrons. The van der Waals surface area contributed by atoms with Gasteiger partial charge in [-0.1, -0.05) is 33.6 Å². The lowest BCUT2D eigenvalue weighted by Crippen LogP contribution is -2.51. The van der Waals surface area contributed by atoms with Crippen LogP contribution in [0.2, 0.25) is 0 Å². The normalized spacial score (nSPS) is 21.4. The first kappa shape index (κ1) is 15.0. The van der Waals surface area contributed by atoms with Gasteiger partial charge in [0.25, 0.3) is 0 Å². The predicted octanol–water partition coefficient (Wildman–Crippen LogP) is 3.27. The average molecular weight is 240 g/mol. The minimum atomic E-state index is 0.634. The second-order valence-electron chi connectivity index (χ2n) is 6.07. The molecule has 2 unspecified atom stereocenters. The summed E-state index contributed by atoms with van der Waals surface area (Å²) in [5, 5.41) is 3.49. The van der Waals surface area contributed by atoms with Gasteiger partial charge in [-0.25, -0.2) is 0 Å². The highest BCUT2D eigenvalue weighted by Crippen LogP contribution is 2.27. The van der Waals surface area contributed by atoms with Crippen LogP contribution in [-0.2, 0) is 0 Å². The van der Waals surface area contributed by atoms with Gasteiger partial charge in [0.2, 0.25) is 0 Å². The van der Waals surface area contributed by atoms with Crippen molar-refractivity contribution in [2.24, 2.45) is 5.92 Å². The van der Waals surface area contributed by atoms with Crippen LogP contribution in [-0.4, -0.2) is 36.6 Å². The summed E-state index contributed by atoms with van der Waals surface area (Å²) in [4.78, 5) is 2.78. The van der Waals surface area contributed by atoms with E-state index >= 15 is 0 Å². The Balaban J connectivity index is 2.66. The van der Waals surface area contributed by atoms with Gasteiger partial charge in [0, 0.05) is 24.7 Å². The maximum Gasteiger partial charge on any atom is 0.0223 e. The van der Waals surface area contributed by atoms with Gasteiger partial charge in [0.15, 0.2) is 0 Å². The molecule has 2 nitrogen and oxygen atoms in total. The predicted molar refractivity (Wildman–Crippen MR) is 76.4 cm³/mol. The molecule has 0 aliphatic heterocycles. The van der Waals surface area contributed by atoms with Gasteiger partial charge in [-0.05, 0) is 39.2 Å². The zero-order valence-electron chi connectivity index (χ0n) is 12.5. The lowest BCUT2D eigenvalue weighted by atomic mass is 10.0. The summed E-state index contributed by atoms with van der Waals surface area (Å²) in [5.74, 6) is 0.771. The minimum absolute atomic E-state index is 0.634. The van der Waals surface area contributed by atoms with Crippen LogP contribution in [0.5, 0.6) is 0 Å². The Labute approximate surface area is 108 Å². The van der Waals surface area contributed by atoms with Crippen molar-refractivity contribution in [3.8, 4) is 0 Å². The van der Waals surface area contributed by atoms with E-state index in [1.165, 1.54) is 38.6 Å². The van der Waals surface area contributed by atoms with E-state index in [1.54, 1.807) is 0 Å². The number of hydrogen-bond acceptors (Lipinski definition) is 2. The molecule has 1 aliphatic carbocycles. The number of rotatable bonds is 7. The standard InChI is InChI=1S/C15H32N2/c1-6-15(16-5)13(4)17(11-12(2)3)14-9-7-8-10-14/h12-16H,6-11H2,1-5H3. The van der Waals surface area contributed by atoms with Crippen LogP contribution in [0.4, 0.5) is 0 Å². The van der Waals surface area contributed by atoms with Crippen LogP contribution in [0.25, 0.3) is 0 Å². The Morgan fingerprint density at radius 3 is 2.18 bits per heavy atom. The van der Waals surface area contributed by atoms with Crippen molar-refractivity contribution in [2.45, 2.75) is 77.9 Å². The molecule has 0 amide bonds. The Hall–Kier alpha value is -0.0800. The number of nitrogens with one attached hydrogen (secondary N) is 1. The summed E-state index contributed by atoms with van der Waals surface area (Å²) < 4.78 is 0. The molecule has 1 N–H and O–H groups in total. The monoisotopic (exact) mass is 240 g/mol.